The molecule has 2 saturated heterocycles. The minimum absolute atomic E-state index is 0.0587. The van der Waals surface area contributed by atoms with Crippen LogP contribution in [-0.2, 0) is 9.53 Å². The summed E-state index contributed by atoms with van der Waals surface area (Å²) in [6, 6.07) is 4.04. The Morgan fingerprint density at radius 2 is 2.33 bits per heavy atom. The van der Waals surface area contributed by atoms with Gasteiger partial charge in [0, 0.05) is 25.3 Å². The van der Waals surface area contributed by atoms with Crippen molar-refractivity contribution >= 4 is 5.91 Å². The molecule has 5 nitrogen and oxygen atoms in total. The Hall–Kier alpha value is -1.62. The Kier molecular flexibility index (Phi) is 3.30. The Morgan fingerprint density at radius 1 is 1.38 bits per heavy atom. The number of ether oxygens (including phenoxy) is 2. The van der Waals surface area contributed by atoms with E-state index in [1.54, 1.807) is 12.4 Å². The number of carbonyl (C=O) groups excluding carboxylic acids is 1. The summed E-state index contributed by atoms with van der Waals surface area (Å²) in [5, 5.41) is 0. The van der Waals surface area contributed by atoms with Crippen LogP contribution in [0.1, 0.15) is 19.3 Å². The van der Waals surface area contributed by atoms with Crippen molar-refractivity contribution in [3.63, 3.8) is 0 Å². The average Bonchev–Trinajstić information content (AvgIpc) is 3.24. The normalized spacial score (nSPS) is 34.4. The molecule has 1 aromatic rings. The topological polar surface area (TPSA) is 51.7 Å². The summed E-state index contributed by atoms with van der Waals surface area (Å²) in [6.07, 6.45) is 6.68. The Morgan fingerprint density at radius 3 is 3.10 bits per heavy atom. The monoisotopic (exact) mass is 288 g/mol. The van der Waals surface area contributed by atoms with Crippen LogP contribution in [0.4, 0.5) is 0 Å². The van der Waals surface area contributed by atoms with Crippen LogP contribution in [0.3, 0.4) is 0 Å². The van der Waals surface area contributed by atoms with Crippen molar-refractivity contribution in [3.8, 4) is 5.75 Å². The van der Waals surface area contributed by atoms with Crippen molar-refractivity contribution in [2.24, 2.45) is 11.8 Å². The zero-order valence-electron chi connectivity index (χ0n) is 12.0. The fraction of sp³-hybridized carbons (Fsp3) is 0.625. The number of aromatic nitrogens is 1. The molecular weight excluding hydrogens is 268 g/mol. The number of rotatable bonds is 3. The van der Waals surface area contributed by atoms with Crippen LogP contribution < -0.4 is 4.74 Å². The minimum atomic E-state index is 0.0587. The molecule has 4 rings (SSSR count). The number of hydrogen-bond acceptors (Lipinski definition) is 4. The molecule has 112 valence electrons. The summed E-state index contributed by atoms with van der Waals surface area (Å²) >= 11 is 0. The van der Waals surface area contributed by atoms with Crippen LogP contribution in [0, 0.1) is 11.8 Å². The van der Waals surface area contributed by atoms with Crippen LogP contribution in [0.25, 0.3) is 0 Å². The molecule has 4 atom stereocenters. The van der Waals surface area contributed by atoms with E-state index in [9.17, 15) is 4.79 Å². The molecule has 2 bridgehead atoms. The van der Waals surface area contributed by atoms with Gasteiger partial charge in [0.1, 0.15) is 11.9 Å². The lowest BCUT2D eigenvalue weighted by atomic mass is 10.0. The van der Waals surface area contributed by atoms with E-state index < -0.39 is 0 Å². The first kappa shape index (κ1) is 13.1. The maximum Gasteiger partial charge on any atom is 0.228 e. The number of amides is 1. The number of nitrogens with zero attached hydrogens (tertiary/aromatic N) is 2. The molecule has 3 fully saturated rings. The first-order valence-electron chi connectivity index (χ1n) is 7.78. The van der Waals surface area contributed by atoms with Gasteiger partial charge in [-0.05, 0) is 31.4 Å². The second kappa shape index (κ2) is 5.30. The third kappa shape index (κ3) is 2.29. The molecule has 3 heterocycles. The van der Waals surface area contributed by atoms with Crippen molar-refractivity contribution in [2.45, 2.75) is 31.4 Å². The number of piperidine rings is 1. The molecular formula is C16H20N2O3. The highest BCUT2D eigenvalue weighted by molar-refractivity contribution is 5.80. The molecule has 1 aromatic heterocycles. The Labute approximate surface area is 124 Å². The third-order valence-corrected chi connectivity index (χ3v) is 4.98. The molecule has 1 amide bonds. The van der Waals surface area contributed by atoms with E-state index in [1.807, 2.05) is 12.1 Å². The highest BCUT2D eigenvalue weighted by atomic mass is 16.5. The van der Waals surface area contributed by atoms with E-state index in [1.165, 1.54) is 0 Å². The van der Waals surface area contributed by atoms with Crippen molar-refractivity contribution in [2.75, 3.05) is 19.8 Å². The molecule has 0 radical (unpaired) electrons. The van der Waals surface area contributed by atoms with Gasteiger partial charge in [-0.2, -0.15) is 0 Å². The molecule has 0 spiro atoms. The van der Waals surface area contributed by atoms with Gasteiger partial charge in [0.2, 0.25) is 5.91 Å². The fourth-order valence-electron chi connectivity index (χ4n) is 3.91. The molecule has 2 aliphatic heterocycles. The summed E-state index contributed by atoms with van der Waals surface area (Å²) < 4.78 is 11.5. The fourth-order valence-corrected chi connectivity index (χ4v) is 3.91. The zero-order chi connectivity index (χ0) is 14.2. The molecule has 1 saturated carbocycles. The van der Waals surface area contributed by atoms with Gasteiger partial charge < -0.3 is 14.4 Å². The summed E-state index contributed by atoms with van der Waals surface area (Å²) in [5.41, 5.74) is 0. The lowest BCUT2D eigenvalue weighted by molar-refractivity contribution is -0.137. The third-order valence-electron chi connectivity index (χ3n) is 4.98. The molecule has 1 aliphatic carbocycles. The summed E-state index contributed by atoms with van der Waals surface area (Å²) in [7, 11) is 0. The van der Waals surface area contributed by atoms with E-state index in [4.69, 9.17) is 9.47 Å². The Balaban J connectivity index is 1.47. The van der Waals surface area contributed by atoms with Crippen LogP contribution in [0.2, 0.25) is 0 Å². The van der Waals surface area contributed by atoms with Gasteiger partial charge in [-0.1, -0.05) is 0 Å². The predicted octanol–water partition coefficient (Wildman–Crippen LogP) is 1.49. The van der Waals surface area contributed by atoms with E-state index >= 15 is 0 Å². The van der Waals surface area contributed by atoms with Gasteiger partial charge in [0.25, 0.3) is 0 Å². The second-order valence-electron chi connectivity index (χ2n) is 6.23. The van der Waals surface area contributed by atoms with Crippen LogP contribution >= 0.6 is 0 Å². The van der Waals surface area contributed by atoms with Gasteiger partial charge in [-0.25, -0.2) is 0 Å². The molecule has 21 heavy (non-hydrogen) atoms. The number of fused-ring (bicyclic) bond motifs is 2. The van der Waals surface area contributed by atoms with Crippen LogP contribution in [0.15, 0.2) is 24.5 Å². The zero-order valence-corrected chi connectivity index (χ0v) is 12.0. The van der Waals surface area contributed by atoms with Crippen LogP contribution in [-0.4, -0.2) is 47.7 Å². The smallest absolute Gasteiger partial charge is 0.228 e. The molecule has 3 aliphatic rings. The predicted molar refractivity (Wildman–Crippen MR) is 75.8 cm³/mol. The number of carbonyl (C=O) groups is 1. The van der Waals surface area contributed by atoms with Gasteiger partial charge in [0.15, 0.2) is 0 Å². The molecule has 0 N–H and O–H groups in total. The largest absolute Gasteiger partial charge is 0.486 e. The average molecular weight is 288 g/mol. The van der Waals surface area contributed by atoms with Crippen molar-refractivity contribution in [1.82, 2.24) is 9.88 Å². The highest BCUT2D eigenvalue weighted by Gasteiger charge is 2.51. The number of likely N-dealkylation sites (tertiary alicyclic amines) is 1. The van der Waals surface area contributed by atoms with Gasteiger partial charge in [-0.15, -0.1) is 0 Å². The number of pyridine rings is 1. The van der Waals surface area contributed by atoms with Gasteiger partial charge in [0.05, 0.1) is 24.8 Å². The molecule has 0 aromatic carbocycles. The lowest BCUT2D eigenvalue weighted by Crippen LogP contribution is -2.43. The first-order chi connectivity index (χ1) is 10.3. The first-order valence-corrected chi connectivity index (χ1v) is 7.78. The second-order valence-corrected chi connectivity index (χ2v) is 6.23. The van der Waals surface area contributed by atoms with Gasteiger partial charge in [-0.3, -0.25) is 9.78 Å². The van der Waals surface area contributed by atoms with Crippen molar-refractivity contribution in [1.29, 1.82) is 0 Å². The summed E-state index contributed by atoms with van der Waals surface area (Å²) in [6.45, 7) is 2.14. The summed E-state index contributed by atoms with van der Waals surface area (Å²) in [5.74, 6) is 1.59. The maximum atomic E-state index is 12.6. The summed E-state index contributed by atoms with van der Waals surface area (Å²) in [4.78, 5) is 18.8. The SMILES string of the molecule is O=C(C1CCOC1)N1CC2CCC1C2Oc1cccnc1. The highest BCUT2D eigenvalue weighted by Crippen LogP contribution is 2.41. The Bertz CT molecular complexity index is 516. The minimum Gasteiger partial charge on any atom is -0.486 e. The van der Waals surface area contributed by atoms with E-state index in [-0.39, 0.29) is 24.0 Å². The van der Waals surface area contributed by atoms with Gasteiger partial charge >= 0.3 is 0 Å². The van der Waals surface area contributed by atoms with Crippen LogP contribution in [0.5, 0.6) is 5.75 Å². The van der Waals surface area contributed by atoms with E-state index in [0.717, 1.165) is 31.6 Å². The van der Waals surface area contributed by atoms with E-state index in [0.29, 0.717) is 19.1 Å². The van der Waals surface area contributed by atoms with E-state index in [2.05, 4.69) is 9.88 Å². The maximum absolute atomic E-state index is 12.6. The molecule has 5 heteroatoms. The standard InChI is InChI=1S/C16H20N2O3/c19-16(12-5-7-20-10-12)18-9-11-3-4-14(18)15(11)21-13-2-1-6-17-8-13/h1-2,6,8,11-12,14-15H,3-5,7,9-10H2. The van der Waals surface area contributed by atoms with Crippen molar-refractivity contribution in [3.05, 3.63) is 24.5 Å². The van der Waals surface area contributed by atoms with Crippen molar-refractivity contribution < 1.29 is 14.3 Å². The number of hydrogen-bond donors (Lipinski definition) is 0. The lowest BCUT2D eigenvalue weighted by Gasteiger charge is -2.29. The molecule has 4 unspecified atom stereocenters. The quantitative estimate of drug-likeness (QED) is 0.845.